The van der Waals surface area contributed by atoms with Crippen LogP contribution in [-0.2, 0) is 0 Å². The Morgan fingerprint density at radius 1 is 1.35 bits per heavy atom. The molecule has 0 aliphatic rings. The maximum Gasteiger partial charge on any atom is 0.0482 e. The second-order valence-electron chi connectivity index (χ2n) is 5.55. The van der Waals surface area contributed by atoms with Gasteiger partial charge in [-0.05, 0) is 37.3 Å². The monoisotopic (exact) mass is 255 g/mol. The number of hydrogen-bond donors (Lipinski definition) is 1. The number of aliphatic hydroxyl groups excluding tert-OH is 1. The van der Waals surface area contributed by atoms with Crippen LogP contribution in [0.2, 0.25) is 0 Å². The van der Waals surface area contributed by atoms with Gasteiger partial charge in [-0.15, -0.1) is 9.24 Å². The summed E-state index contributed by atoms with van der Waals surface area (Å²) in [6.45, 7) is 10.6. The maximum atomic E-state index is 9.32. The van der Waals surface area contributed by atoms with Crippen molar-refractivity contribution in [2.45, 2.75) is 46.2 Å². The first-order valence-corrected chi connectivity index (χ1v) is 6.54. The molecule has 1 N–H and O–H groups in total. The normalized spacial score (nSPS) is 17.9. The van der Waals surface area contributed by atoms with E-state index in [1.807, 2.05) is 25.3 Å². The molecule has 0 aromatic rings. The van der Waals surface area contributed by atoms with Crippen LogP contribution in [0.15, 0.2) is 28.9 Å². The molecule has 0 saturated heterocycles. The van der Waals surface area contributed by atoms with Gasteiger partial charge in [-0.1, -0.05) is 26.8 Å². The lowest BCUT2D eigenvalue weighted by Crippen LogP contribution is -2.29. The van der Waals surface area contributed by atoms with E-state index in [0.29, 0.717) is 0 Å². The van der Waals surface area contributed by atoms with Gasteiger partial charge >= 0.3 is 0 Å². The van der Waals surface area contributed by atoms with Gasteiger partial charge in [-0.25, -0.2) is 0 Å². The SMILES string of the molecule is CC=CC=NC=C(C)C(C)(P)CC(C)(C)CO. The molecule has 0 spiro atoms. The Morgan fingerprint density at radius 3 is 2.41 bits per heavy atom. The third kappa shape index (κ3) is 6.75. The smallest absolute Gasteiger partial charge is 0.0482 e. The van der Waals surface area contributed by atoms with Gasteiger partial charge < -0.3 is 5.11 Å². The van der Waals surface area contributed by atoms with E-state index in [4.69, 9.17) is 0 Å². The van der Waals surface area contributed by atoms with Gasteiger partial charge in [0, 0.05) is 24.2 Å². The summed E-state index contributed by atoms with van der Waals surface area (Å²) in [7, 11) is 2.87. The van der Waals surface area contributed by atoms with Crippen molar-refractivity contribution in [1.29, 1.82) is 0 Å². The summed E-state index contributed by atoms with van der Waals surface area (Å²) in [6, 6.07) is 0. The molecule has 17 heavy (non-hydrogen) atoms. The summed E-state index contributed by atoms with van der Waals surface area (Å²) in [4.78, 5) is 4.23. The van der Waals surface area contributed by atoms with E-state index in [1.54, 1.807) is 6.21 Å². The summed E-state index contributed by atoms with van der Waals surface area (Å²) < 4.78 is 0. The zero-order valence-electron chi connectivity index (χ0n) is 11.7. The van der Waals surface area contributed by atoms with Gasteiger partial charge in [-0.2, -0.15) is 0 Å². The molecule has 0 radical (unpaired) electrons. The zero-order chi connectivity index (χ0) is 13.5. The van der Waals surface area contributed by atoms with Crippen LogP contribution in [0.1, 0.15) is 41.0 Å². The Labute approximate surface area is 108 Å². The van der Waals surface area contributed by atoms with Crippen LogP contribution in [0.25, 0.3) is 0 Å². The van der Waals surface area contributed by atoms with Gasteiger partial charge in [0.05, 0.1) is 0 Å². The number of allylic oxidation sites excluding steroid dienone is 3. The van der Waals surface area contributed by atoms with E-state index in [1.165, 1.54) is 5.57 Å². The number of rotatable bonds is 6. The molecule has 0 saturated carbocycles. The summed E-state index contributed by atoms with van der Waals surface area (Å²) in [5, 5.41) is 9.29. The molecule has 98 valence electrons. The Morgan fingerprint density at radius 2 is 1.94 bits per heavy atom. The van der Waals surface area contributed by atoms with Gasteiger partial charge in [0.25, 0.3) is 0 Å². The van der Waals surface area contributed by atoms with E-state index in [9.17, 15) is 5.11 Å². The summed E-state index contributed by atoms with van der Waals surface area (Å²) in [5.41, 5.74) is 1.13. The summed E-state index contributed by atoms with van der Waals surface area (Å²) >= 11 is 0. The first kappa shape index (κ1) is 16.5. The first-order chi connectivity index (χ1) is 7.75. The molecule has 0 aliphatic heterocycles. The molecule has 0 amide bonds. The molecular weight excluding hydrogens is 229 g/mol. The Balaban J connectivity index is 4.69. The molecule has 0 aliphatic carbocycles. The Hall–Kier alpha value is -0.460. The minimum absolute atomic E-state index is 0.0283. The van der Waals surface area contributed by atoms with Crippen molar-refractivity contribution in [2.75, 3.05) is 6.61 Å². The van der Waals surface area contributed by atoms with E-state index < -0.39 is 0 Å². The van der Waals surface area contributed by atoms with E-state index >= 15 is 0 Å². The average molecular weight is 255 g/mol. The molecule has 2 atom stereocenters. The van der Waals surface area contributed by atoms with E-state index in [2.05, 4.69) is 41.9 Å². The highest BCUT2D eigenvalue weighted by molar-refractivity contribution is 7.19. The van der Waals surface area contributed by atoms with E-state index in [-0.39, 0.29) is 17.2 Å². The van der Waals surface area contributed by atoms with Crippen LogP contribution >= 0.6 is 9.24 Å². The second kappa shape index (κ2) is 7.08. The molecule has 0 bridgehead atoms. The minimum atomic E-state index is -0.0708. The van der Waals surface area contributed by atoms with Gasteiger partial charge in [0.1, 0.15) is 0 Å². The lowest BCUT2D eigenvalue weighted by molar-refractivity contribution is 0.143. The molecule has 2 nitrogen and oxygen atoms in total. The lowest BCUT2D eigenvalue weighted by atomic mass is 9.81. The van der Waals surface area contributed by atoms with Crippen LogP contribution in [0.5, 0.6) is 0 Å². The van der Waals surface area contributed by atoms with Crippen molar-refractivity contribution in [3.05, 3.63) is 23.9 Å². The molecular formula is C14H26NOP. The highest BCUT2D eigenvalue weighted by Gasteiger charge is 2.29. The van der Waals surface area contributed by atoms with E-state index in [0.717, 1.165) is 6.42 Å². The molecule has 0 heterocycles. The van der Waals surface area contributed by atoms with Crippen molar-refractivity contribution in [1.82, 2.24) is 0 Å². The summed E-state index contributed by atoms with van der Waals surface area (Å²) in [5.74, 6) is 0. The molecule has 0 aromatic heterocycles. The van der Waals surface area contributed by atoms with Crippen molar-refractivity contribution in [3.8, 4) is 0 Å². The Kier molecular flexibility index (Phi) is 6.89. The highest BCUT2D eigenvalue weighted by atomic mass is 31.0. The average Bonchev–Trinajstić information content (AvgIpc) is 2.22. The lowest BCUT2D eigenvalue weighted by Gasteiger charge is -2.34. The molecule has 2 unspecified atom stereocenters. The second-order valence-corrected chi connectivity index (χ2v) is 6.83. The highest BCUT2D eigenvalue weighted by Crippen LogP contribution is 2.38. The van der Waals surface area contributed by atoms with Crippen LogP contribution in [0.3, 0.4) is 0 Å². The largest absolute Gasteiger partial charge is 0.396 e. The standard InChI is InChI=1S/C14H26NOP/c1-6-7-8-15-9-12(2)14(5,17)10-13(3,4)11-16/h6-9,16H,10-11,17H2,1-5H3. The number of nitrogens with zero attached hydrogens (tertiary/aromatic N) is 1. The fourth-order valence-corrected chi connectivity index (χ4v) is 2.25. The molecule has 0 fully saturated rings. The number of hydrogen-bond acceptors (Lipinski definition) is 2. The Bertz CT molecular complexity index is 314. The third-order valence-electron chi connectivity index (χ3n) is 2.81. The van der Waals surface area contributed by atoms with Crippen molar-refractivity contribution in [2.24, 2.45) is 10.4 Å². The fraction of sp³-hybridized carbons (Fsp3) is 0.643. The van der Waals surface area contributed by atoms with Crippen LogP contribution in [0, 0.1) is 5.41 Å². The van der Waals surface area contributed by atoms with Gasteiger partial charge in [0.2, 0.25) is 0 Å². The third-order valence-corrected chi connectivity index (χ3v) is 3.47. The van der Waals surface area contributed by atoms with Crippen molar-refractivity contribution < 1.29 is 5.11 Å². The van der Waals surface area contributed by atoms with Crippen molar-refractivity contribution >= 4 is 15.5 Å². The van der Waals surface area contributed by atoms with Crippen LogP contribution < -0.4 is 0 Å². The molecule has 0 rings (SSSR count). The predicted molar refractivity (Wildman–Crippen MR) is 80.7 cm³/mol. The molecule has 0 aromatic carbocycles. The van der Waals surface area contributed by atoms with Gasteiger partial charge in [-0.3, -0.25) is 4.99 Å². The maximum absolute atomic E-state index is 9.32. The van der Waals surface area contributed by atoms with Crippen LogP contribution in [0.4, 0.5) is 0 Å². The molecule has 3 heteroatoms. The zero-order valence-corrected chi connectivity index (χ0v) is 12.9. The quantitative estimate of drug-likeness (QED) is 0.571. The topological polar surface area (TPSA) is 32.6 Å². The van der Waals surface area contributed by atoms with Crippen molar-refractivity contribution in [3.63, 3.8) is 0 Å². The number of aliphatic imine (C=N–C) groups is 1. The predicted octanol–water partition coefficient (Wildman–Crippen LogP) is 3.58. The summed E-state index contributed by atoms with van der Waals surface area (Å²) in [6.07, 6.45) is 8.42. The van der Waals surface area contributed by atoms with Gasteiger partial charge in [0.15, 0.2) is 0 Å². The number of aliphatic hydroxyl groups is 1. The first-order valence-electron chi connectivity index (χ1n) is 5.96. The fourth-order valence-electron chi connectivity index (χ4n) is 1.63. The van der Waals surface area contributed by atoms with Crippen LogP contribution in [-0.4, -0.2) is 23.1 Å². The minimum Gasteiger partial charge on any atom is -0.396 e.